The third kappa shape index (κ3) is 2.64. The maximum absolute atomic E-state index is 12.7. The molecule has 0 spiro atoms. The number of benzene rings is 6. The first kappa shape index (κ1) is 18.2. The molecule has 0 saturated carbocycles. The molecule has 1 aromatic heterocycles. The van der Waals surface area contributed by atoms with Crippen molar-refractivity contribution in [2.75, 3.05) is 0 Å². The molecule has 2 heteroatoms. The fraction of sp³-hybridized carbons (Fsp3) is 0. The number of hydrogen-bond donors (Lipinski definition) is 0. The zero-order valence-corrected chi connectivity index (χ0v) is 17.7. The maximum Gasteiger partial charge on any atom is 0.344 e. The van der Waals surface area contributed by atoms with Gasteiger partial charge in [0.15, 0.2) is 0 Å². The smallest absolute Gasteiger partial charge is 0.344 e. The van der Waals surface area contributed by atoms with Crippen molar-refractivity contribution in [3.05, 3.63) is 120 Å². The van der Waals surface area contributed by atoms with Crippen molar-refractivity contribution in [3.63, 3.8) is 0 Å². The van der Waals surface area contributed by atoms with Gasteiger partial charge in [-0.1, -0.05) is 91.0 Å². The van der Waals surface area contributed by atoms with Crippen LogP contribution >= 0.6 is 0 Å². The molecule has 0 saturated heterocycles. The molecule has 0 amide bonds. The van der Waals surface area contributed by atoms with Gasteiger partial charge in [0.25, 0.3) is 0 Å². The summed E-state index contributed by atoms with van der Waals surface area (Å²) in [5.74, 6) is 0. The van der Waals surface area contributed by atoms with Crippen LogP contribution < -0.4 is 5.63 Å². The molecule has 0 atom stereocenters. The molecule has 0 aliphatic carbocycles. The van der Waals surface area contributed by atoms with Crippen molar-refractivity contribution in [3.8, 4) is 11.1 Å². The number of fused-ring (bicyclic) bond motifs is 9. The van der Waals surface area contributed by atoms with E-state index in [1.165, 1.54) is 32.3 Å². The van der Waals surface area contributed by atoms with Gasteiger partial charge in [0, 0.05) is 5.39 Å². The average molecular weight is 422 g/mol. The van der Waals surface area contributed by atoms with E-state index in [0.717, 1.165) is 21.9 Å². The molecule has 0 N–H and O–H groups in total. The molecule has 0 radical (unpaired) electrons. The Morgan fingerprint density at radius 2 is 0.818 bits per heavy atom. The Hall–Kier alpha value is -4.43. The van der Waals surface area contributed by atoms with Crippen LogP contribution in [0.5, 0.6) is 0 Å². The van der Waals surface area contributed by atoms with E-state index in [4.69, 9.17) is 4.42 Å². The minimum absolute atomic E-state index is 0.303. The number of para-hydroxylation sites is 1. The Labute approximate surface area is 189 Å². The van der Waals surface area contributed by atoms with Gasteiger partial charge in [0.2, 0.25) is 0 Å². The molecule has 0 unspecified atom stereocenters. The van der Waals surface area contributed by atoms with Gasteiger partial charge in [-0.25, -0.2) is 4.79 Å². The lowest BCUT2D eigenvalue weighted by molar-refractivity contribution is 0.569. The second-order valence-corrected chi connectivity index (χ2v) is 8.50. The molecular weight excluding hydrogens is 404 g/mol. The van der Waals surface area contributed by atoms with Crippen LogP contribution in [0.15, 0.2) is 118 Å². The Morgan fingerprint density at radius 1 is 0.394 bits per heavy atom. The third-order valence-electron chi connectivity index (χ3n) is 6.70. The minimum atomic E-state index is -0.303. The monoisotopic (exact) mass is 422 g/mol. The summed E-state index contributed by atoms with van der Waals surface area (Å²) < 4.78 is 5.59. The Morgan fingerprint density at radius 3 is 1.42 bits per heavy atom. The zero-order chi connectivity index (χ0) is 21.9. The van der Waals surface area contributed by atoms with Gasteiger partial charge in [-0.05, 0) is 67.0 Å². The molecule has 6 aromatic carbocycles. The standard InChI is InChI=1S/C31H18O2/c32-31-29-18-20(14-16-26(29)27-11-5-6-12-30(27)33-31)19-13-15-25-23-9-2-1-7-21(23)22-8-3-4-10-24(22)28(25)17-19/h1-18H. The predicted molar refractivity (Wildman–Crippen MR) is 138 cm³/mol. The van der Waals surface area contributed by atoms with Gasteiger partial charge in [-0.3, -0.25) is 0 Å². The second kappa shape index (κ2) is 6.78. The summed E-state index contributed by atoms with van der Waals surface area (Å²) in [5.41, 5.74) is 2.40. The highest BCUT2D eigenvalue weighted by molar-refractivity contribution is 6.25. The molecule has 0 aliphatic rings. The lowest BCUT2D eigenvalue weighted by Crippen LogP contribution is -2.00. The summed E-state index contributed by atoms with van der Waals surface area (Å²) in [6.45, 7) is 0. The Balaban J connectivity index is 1.53. The SMILES string of the molecule is O=c1oc2ccccc2c2ccc(-c3ccc4c5ccccc5c5ccccc5c4c3)cc12. The molecule has 0 aliphatic heterocycles. The van der Waals surface area contributed by atoms with Crippen molar-refractivity contribution in [2.45, 2.75) is 0 Å². The lowest BCUT2D eigenvalue weighted by Gasteiger charge is -2.12. The number of rotatable bonds is 1. The van der Waals surface area contributed by atoms with E-state index < -0.39 is 0 Å². The molecule has 0 fully saturated rings. The predicted octanol–water partition coefficient (Wildman–Crippen LogP) is 8.07. The lowest BCUT2D eigenvalue weighted by atomic mass is 9.91. The topological polar surface area (TPSA) is 30.2 Å². The first-order valence-corrected chi connectivity index (χ1v) is 11.1. The highest BCUT2D eigenvalue weighted by Crippen LogP contribution is 2.37. The van der Waals surface area contributed by atoms with Gasteiger partial charge in [-0.2, -0.15) is 0 Å². The molecular formula is C31H18O2. The summed E-state index contributed by atoms with van der Waals surface area (Å²) in [4.78, 5) is 12.7. The van der Waals surface area contributed by atoms with Gasteiger partial charge >= 0.3 is 5.63 Å². The van der Waals surface area contributed by atoms with Crippen molar-refractivity contribution >= 4 is 54.1 Å². The molecule has 1 heterocycles. The fourth-order valence-corrected chi connectivity index (χ4v) is 5.15. The van der Waals surface area contributed by atoms with E-state index in [0.29, 0.717) is 11.0 Å². The van der Waals surface area contributed by atoms with E-state index in [1.54, 1.807) is 0 Å². The van der Waals surface area contributed by atoms with Gasteiger partial charge in [0.1, 0.15) is 5.58 Å². The molecule has 0 bridgehead atoms. The molecule has 33 heavy (non-hydrogen) atoms. The molecule has 7 rings (SSSR count). The zero-order valence-electron chi connectivity index (χ0n) is 17.7. The quantitative estimate of drug-likeness (QED) is 0.198. The average Bonchev–Trinajstić information content (AvgIpc) is 2.88. The third-order valence-corrected chi connectivity index (χ3v) is 6.70. The van der Waals surface area contributed by atoms with Crippen LogP contribution in [-0.2, 0) is 0 Å². The van der Waals surface area contributed by atoms with Crippen LogP contribution in [-0.4, -0.2) is 0 Å². The van der Waals surface area contributed by atoms with Gasteiger partial charge in [0.05, 0.1) is 5.39 Å². The first-order valence-electron chi connectivity index (χ1n) is 11.1. The first-order chi connectivity index (χ1) is 16.3. The van der Waals surface area contributed by atoms with E-state index in [-0.39, 0.29) is 5.63 Å². The van der Waals surface area contributed by atoms with Crippen LogP contribution in [0.1, 0.15) is 0 Å². The van der Waals surface area contributed by atoms with E-state index >= 15 is 0 Å². The van der Waals surface area contributed by atoms with Crippen LogP contribution in [0.2, 0.25) is 0 Å². The van der Waals surface area contributed by atoms with Crippen LogP contribution in [0.25, 0.3) is 65.2 Å². The normalized spacial score (nSPS) is 11.8. The van der Waals surface area contributed by atoms with Crippen LogP contribution in [0.3, 0.4) is 0 Å². The maximum atomic E-state index is 12.7. The summed E-state index contributed by atoms with van der Waals surface area (Å²) >= 11 is 0. The molecule has 7 aromatic rings. The highest BCUT2D eigenvalue weighted by Gasteiger charge is 2.12. The van der Waals surface area contributed by atoms with Gasteiger partial charge < -0.3 is 4.42 Å². The second-order valence-electron chi connectivity index (χ2n) is 8.50. The summed E-state index contributed by atoms with van der Waals surface area (Å²) in [6.07, 6.45) is 0. The van der Waals surface area contributed by atoms with Gasteiger partial charge in [-0.15, -0.1) is 0 Å². The van der Waals surface area contributed by atoms with E-state index in [1.807, 2.05) is 36.4 Å². The Bertz CT molecular complexity index is 1910. The van der Waals surface area contributed by atoms with Crippen molar-refractivity contribution in [2.24, 2.45) is 0 Å². The molecule has 2 nitrogen and oxygen atoms in total. The minimum Gasteiger partial charge on any atom is -0.422 e. The van der Waals surface area contributed by atoms with Crippen molar-refractivity contribution < 1.29 is 4.42 Å². The van der Waals surface area contributed by atoms with E-state index in [2.05, 4.69) is 72.8 Å². The van der Waals surface area contributed by atoms with E-state index in [9.17, 15) is 4.79 Å². The fourth-order valence-electron chi connectivity index (χ4n) is 5.15. The van der Waals surface area contributed by atoms with Crippen molar-refractivity contribution in [1.82, 2.24) is 0 Å². The van der Waals surface area contributed by atoms with Crippen molar-refractivity contribution in [1.29, 1.82) is 0 Å². The highest BCUT2D eigenvalue weighted by atomic mass is 16.4. The number of hydrogen-bond acceptors (Lipinski definition) is 2. The summed E-state index contributed by atoms with van der Waals surface area (Å²) in [7, 11) is 0. The Kier molecular flexibility index (Phi) is 3.73. The summed E-state index contributed by atoms with van der Waals surface area (Å²) in [5, 5.41) is 9.94. The summed E-state index contributed by atoms with van der Waals surface area (Å²) in [6, 6.07) is 37.5. The van der Waals surface area contributed by atoms with Crippen LogP contribution in [0.4, 0.5) is 0 Å². The van der Waals surface area contributed by atoms with Crippen LogP contribution in [0, 0.1) is 0 Å². The molecule has 154 valence electrons. The largest absolute Gasteiger partial charge is 0.422 e.